The van der Waals surface area contributed by atoms with Gasteiger partial charge in [-0.1, -0.05) is 0 Å². The van der Waals surface area contributed by atoms with Gasteiger partial charge in [0.25, 0.3) is 0 Å². The lowest BCUT2D eigenvalue weighted by Crippen LogP contribution is -2.51. The molecule has 0 atom stereocenters. The molecule has 0 aromatic rings. The molecule has 0 rings (SSSR count). The SMILES string of the molecule is CO[Si](C)(OC)N(C)[Si]. The monoisotopic (exact) mass is 162 g/mol. The van der Waals surface area contributed by atoms with E-state index in [2.05, 4.69) is 10.4 Å². The standard InChI is InChI=1S/C4H12NO2Si2/c1-5(8)9(4,6-2)7-3/h1-4H3. The summed E-state index contributed by atoms with van der Waals surface area (Å²) < 4.78 is 12.1. The molecule has 0 aromatic carbocycles. The van der Waals surface area contributed by atoms with Gasteiger partial charge in [0.1, 0.15) is 10.4 Å². The second kappa shape index (κ2) is 3.47. The first-order chi connectivity index (χ1) is 4.06. The Balaban J connectivity index is 3.92. The largest absolute Gasteiger partial charge is 0.416 e. The Morgan fingerprint density at radius 1 is 1.33 bits per heavy atom. The van der Waals surface area contributed by atoms with Gasteiger partial charge in [0.15, 0.2) is 0 Å². The van der Waals surface area contributed by atoms with Gasteiger partial charge in [-0.25, -0.2) is 0 Å². The summed E-state index contributed by atoms with van der Waals surface area (Å²) in [5.41, 5.74) is 0. The molecule has 0 heterocycles. The molecule has 0 aliphatic rings. The summed E-state index contributed by atoms with van der Waals surface area (Å²) in [7, 11) is 6.44. The highest BCUT2D eigenvalue weighted by Gasteiger charge is 2.31. The van der Waals surface area contributed by atoms with E-state index in [-0.39, 0.29) is 0 Å². The fourth-order valence-electron chi connectivity index (χ4n) is 0.357. The number of hydrogen-bond donors (Lipinski definition) is 0. The molecule has 3 nitrogen and oxygen atoms in total. The average molecular weight is 162 g/mol. The predicted molar refractivity (Wildman–Crippen MR) is 39.2 cm³/mol. The van der Waals surface area contributed by atoms with Crippen molar-refractivity contribution in [2.75, 3.05) is 21.3 Å². The lowest BCUT2D eigenvalue weighted by atomic mass is 11.6. The van der Waals surface area contributed by atoms with Gasteiger partial charge >= 0.3 is 8.72 Å². The number of hydrogen-bond acceptors (Lipinski definition) is 3. The third-order valence-corrected chi connectivity index (χ3v) is 5.32. The van der Waals surface area contributed by atoms with E-state index >= 15 is 0 Å². The van der Waals surface area contributed by atoms with Crippen molar-refractivity contribution in [2.45, 2.75) is 6.55 Å². The molecule has 0 aromatic heterocycles. The van der Waals surface area contributed by atoms with Crippen molar-refractivity contribution in [2.24, 2.45) is 0 Å². The van der Waals surface area contributed by atoms with Crippen molar-refractivity contribution in [1.29, 1.82) is 0 Å². The zero-order valence-electron chi connectivity index (χ0n) is 6.26. The minimum Gasteiger partial charge on any atom is -0.386 e. The van der Waals surface area contributed by atoms with Crippen LogP contribution < -0.4 is 0 Å². The Morgan fingerprint density at radius 3 is 1.67 bits per heavy atom. The van der Waals surface area contributed by atoms with Gasteiger partial charge in [-0.2, -0.15) is 0 Å². The topological polar surface area (TPSA) is 21.7 Å². The maximum atomic E-state index is 5.14. The summed E-state index contributed by atoms with van der Waals surface area (Å²) in [6, 6.07) is 0. The van der Waals surface area contributed by atoms with Crippen LogP contribution in [0.5, 0.6) is 0 Å². The fourth-order valence-corrected chi connectivity index (χ4v) is 1.62. The highest BCUT2D eigenvalue weighted by Crippen LogP contribution is 2.04. The van der Waals surface area contributed by atoms with Crippen LogP contribution in [-0.4, -0.2) is 44.6 Å². The molecule has 0 aliphatic carbocycles. The molecular weight excluding hydrogens is 150 g/mol. The molecular formula is C4H12NO2Si2. The molecule has 0 bridgehead atoms. The van der Waals surface area contributed by atoms with Crippen LogP contribution in [0, 0.1) is 0 Å². The predicted octanol–water partition coefficient (Wildman–Crippen LogP) is -0.137. The van der Waals surface area contributed by atoms with E-state index in [1.165, 1.54) is 0 Å². The Bertz CT molecular complexity index is 84.6. The van der Waals surface area contributed by atoms with Crippen LogP contribution in [0.1, 0.15) is 0 Å². The Kier molecular flexibility index (Phi) is 3.60. The Hall–Kier alpha value is 0.314. The third kappa shape index (κ3) is 2.19. The minimum absolute atomic E-state index is 1.65. The second-order valence-corrected chi connectivity index (χ2v) is 6.27. The minimum atomic E-state index is -2.03. The van der Waals surface area contributed by atoms with Crippen LogP contribution in [0.15, 0.2) is 0 Å². The van der Waals surface area contributed by atoms with Crippen molar-refractivity contribution >= 4 is 19.1 Å². The number of rotatable bonds is 3. The maximum absolute atomic E-state index is 5.14. The van der Waals surface area contributed by atoms with Crippen LogP contribution in [0.2, 0.25) is 6.55 Å². The first kappa shape index (κ1) is 9.31. The highest BCUT2D eigenvalue weighted by atomic mass is 28.4. The van der Waals surface area contributed by atoms with Crippen LogP contribution in [0.3, 0.4) is 0 Å². The number of nitrogens with zero attached hydrogens (tertiary/aromatic N) is 1. The van der Waals surface area contributed by atoms with Crippen LogP contribution in [-0.2, 0) is 8.85 Å². The molecule has 0 saturated heterocycles. The Labute approximate surface area is 60.8 Å². The normalized spacial score (nSPS) is 12.7. The van der Waals surface area contributed by atoms with Crippen molar-refractivity contribution < 1.29 is 8.85 Å². The van der Waals surface area contributed by atoms with Crippen molar-refractivity contribution in [3.05, 3.63) is 0 Å². The first-order valence-electron chi connectivity index (χ1n) is 2.62. The summed E-state index contributed by atoms with van der Waals surface area (Å²) in [5, 5.41) is 0. The van der Waals surface area contributed by atoms with Crippen molar-refractivity contribution in [1.82, 2.24) is 4.23 Å². The van der Waals surface area contributed by atoms with E-state index in [1.807, 2.05) is 13.6 Å². The highest BCUT2D eigenvalue weighted by molar-refractivity contribution is 6.67. The van der Waals surface area contributed by atoms with E-state index in [1.54, 1.807) is 18.5 Å². The van der Waals surface area contributed by atoms with Crippen LogP contribution in [0.4, 0.5) is 0 Å². The van der Waals surface area contributed by atoms with E-state index in [4.69, 9.17) is 8.85 Å². The van der Waals surface area contributed by atoms with Crippen LogP contribution in [0.25, 0.3) is 0 Å². The summed E-state index contributed by atoms with van der Waals surface area (Å²) in [6.45, 7) is 1.94. The molecule has 0 aliphatic heterocycles. The van der Waals surface area contributed by atoms with Gasteiger partial charge in [-0.05, 0) is 13.6 Å². The quantitative estimate of drug-likeness (QED) is 0.539. The first-order valence-corrected chi connectivity index (χ1v) is 5.33. The molecule has 53 valence electrons. The lowest BCUT2D eigenvalue weighted by molar-refractivity contribution is 0.214. The Morgan fingerprint density at radius 2 is 1.67 bits per heavy atom. The van der Waals surface area contributed by atoms with Crippen LogP contribution >= 0.6 is 0 Å². The van der Waals surface area contributed by atoms with Crippen molar-refractivity contribution in [3.8, 4) is 0 Å². The van der Waals surface area contributed by atoms with Crippen molar-refractivity contribution in [3.63, 3.8) is 0 Å². The summed E-state index contributed by atoms with van der Waals surface area (Å²) >= 11 is 0. The molecule has 5 heteroatoms. The van der Waals surface area contributed by atoms with Gasteiger partial charge in [-0.3, -0.25) is 0 Å². The summed E-state index contributed by atoms with van der Waals surface area (Å²) in [4.78, 5) is 0. The van der Waals surface area contributed by atoms with Gasteiger partial charge in [0.2, 0.25) is 0 Å². The van der Waals surface area contributed by atoms with Gasteiger partial charge in [-0.15, -0.1) is 0 Å². The molecule has 0 saturated carbocycles. The van der Waals surface area contributed by atoms with E-state index in [0.717, 1.165) is 0 Å². The molecule has 0 N–H and O–H groups in total. The van der Waals surface area contributed by atoms with E-state index in [9.17, 15) is 0 Å². The van der Waals surface area contributed by atoms with E-state index in [0.29, 0.717) is 0 Å². The summed E-state index contributed by atoms with van der Waals surface area (Å²) in [5.74, 6) is 0. The second-order valence-electron chi connectivity index (χ2n) is 1.87. The molecule has 3 radical (unpaired) electrons. The molecule has 0 unspecified atom stereocenters. The fraction of sp³-hybridized carbons (Fsp3) is 1.00. The average Bonchev–Trinajstić information content (AvgIpc) is 1.86. The third-order valence-electron chi connectivity index (χ3n) is 1.37. The zero-order chi connectivity index (χ0) is 7.49. The lowest BCUT2D eigenvalue weighted by Gasteiger charge is -2.28. The maximum Gasteiger partial charge on any atom is 0.416 e. The molecule has 0 amide bonds. The molecule has 0 spiro atoms. The summed E-state index contributed by atoms with van der Waals surface area (Å²) in [6.07, 6.45) is 0. The van der Waals surface area contributed by atoms with E-state index < -0.39 is 8.72 Å². The van der Waals surface area contributed by atoms with Gasteiger partial charge < -0.3 is 13.1 Å². The molecule has 0 fully saturated rings. The van der Waals surface area contributed by atoms with Gasteiger partial charge in [0, 0.05) is 14.2 Å². The van der Waals surface area contributed by atoms with Gasteiger partial charge in [0.05, 0.1) is 0 Å². The zero-order valence-corrected chi connectivity index (χ0v) is 8.26. The molecule has 9 heavy (non-hydrogen) atoms. The smallest absolute Gasteiger partial charge is 0.386 e.